The third-order valence-electron chi connectivity index (χ3n) is 2.81. The van der Waals surface area contributed by atoms with Crippen molar-refractivity contribution in [1.82, 2.24) is 5.16 Å². The normalized spacial score (nSPS) is 14.2. The molecule has 0 saturated heterocycles. The standard InChI is InChI=1S/C13H12BrNO4/c14-10-4-8(11-6-9(7-16)19-15-11)5-12-13(10)18-3-1-2-17-12/h4-6,16H,1-3,7H2. The Labute approximate surface area is 118 Å². The Bertz CT molecular complexity index is 596. The van der Waals surface area contributed by atoms with Gasteiger partial charge in [0.25, 0.3) is 0 Å². The Balaban J connectivity index is 2.03. The van der Waals surface area contributed by atoms with E-state index in [0.717, 1.165) is 16.5 Å². The highest BCUT2D eigenvalue weighted by Gasteiger charge is 2.17. The Kier molecular flexibility index (Phi) is 3.44. The Morgan fingerprint density at radius 1 is 1.21 bits per heavy atom. The minimum atomic E-state index is -0.168. The van der Waals surface area contributed by atoms with Crippen LogP contribution in [0, 0.1) is 0 Å². The summed E-state index contributed by atoms with van der Waals surface area (Å²) >= 11 is 3.48. The van der Waals surface area contributed by atoms with Gasteiger partial charge in [-0.1, -0.05) is 5.16 Å². The van der Waals surface area contributed by atoms with Crippen LogP contribution in [0.1, 0.15) is 12.2 Å². The molecule has 1 N–H and O–H groups in total. The second-order valence-electron chi connectivity index (χ2n) is 4.17. The molecule has 0 amide bonds. The summed E-state index contributed by atoms with van der Waals surface area (Å²) < 4.78 is 17.1. The molecule has 2 aromatic rings. The molecule has 0 fully saturated rings. The van der Waals surface area contributed by atoms with Crippen LogP contribution in [0.5, 0.6) is 11.5 Å². The summed E-state index contributed by atoms with van der Waals surface area (Å²) in [4.78, 5) is 0. The molecule has 1 aliphatic rings. The fraction of sp³-hybridized carbons (Fsp3) is 0.308. The second-order valence-corrected chi connectivity index (χ2v) is 5.03. The van der Waals surface area contributed by atoms with Gasteiger partial charge in [0.2, 0.25) is 0 Å². The molecule has 0 radical (unpaired) electrons. The SMILES string of the molecule is OCc1cc(-c2cc(Br)c3c(c2)OCCCO3)no1. The molecule has 0 spiro atoms. The fourth-order valence-corrected chi connectivity index (χ4v) is 2.46. The smallest absolute Gasteiger partial charge is 0.175 e. The van der Waals surface area contributed by atoms with Crippen LogP contribution in [-0.4, -0.2) is 23.5 Å². The van der Waals surface area contributed by atoms with Crippen LogP contribution in [0.4, 0.5) is 0 Å². The van der Waals surface area contributed by atoms with Gasteiger partial charge in [-0.05, 0) is 28.1 Å². The largest absolute Gasteiger partial charge is 0.489 e. The highest BCUT2D eigenvalue weighted by Crippen LogP contribution is 2.40. The number of hydrogen-bond acceptors (Lipinski definition) is 5. The van der Waals surface area contributed by atoms with Gasteiger partial charge in [-0.3, -0.25) is 0 Å². The molecule has 0 atom stereocenters. The maximum atomic E-state index is 8.99. The van der Waals surface area contributed by atoms with E-state index in [1.807, 2.05) is 12.1 Å². The first kappa shape index (κ1) is 12.5. The minimum Gasteiger partial charge on any atom is -0.489 e. The van der Waals surface area contributed by atoms with E-state index < -0.39 is 0 Å². The maximum Gasteiger partial charge on any atom is 0.175 e. The molecule has 0 aliphatic carbocycles. The van der Waals surface area contributed by atoms with Crippen LogP contribution in [0.3, 0.4) is 0 Å². The molecule has 1 aromatic heterocycles. The molecule has 0 unspecified atom stereocenters. The van der Waals surface area contributed by atoms with Crippen molar-refractivity contribution in [2.45, 2.75) is 13.0 Å². The number of halogens is 1. The third-order valence-corrected chi connectivity index (χ3v) is 3.40. The van der Waals surface area contributed by atoms with E-state index in [4.69, 9.17) is 19.1 Å². The van der Waals surface area contributed by atoms with E-state index in [-0.39, 0.29) is 6.61 Å². The Morgan fingerprint density at radius 3 is 2.84 bits per heavy atom. The summed E-state index contributed by atoms with van der Waals surface area (Å²) in [6, 6.07) is 5.46. The highest BCUT2D eigenvalue weighted by atomic mass is 79.9. The van der Waals surface area contributed by atoms with Crippen molar-refractivity contribution in [3.8, 4) is 22.8 Å². The first-order valence-electron chi connectivity index (χ1n) is 5.94. The molecule has 2 heterocycles. The number of hydrogen-bond donors (Lipinski definition) is 1. The van der Waals surface area contributed by atoms with Gasteiger partial charge in [0.1, 0.15) is 12.3 Å². The van der Waals surface area contributed by atoms with Gasteiger partial charge in [-0.25, -0.2) is 0 Å². The van der Waals surface area contributed by atoms with Crippen molar-refractivity contribution in [2.24, 2.45) is 0 Å². The van der Waals surface area contributed by atoms with Crippen molar-refractivity contribution in [1.29, 1.82) is 0 Å². The lowest BCUT2D eigenvalue weighted by atomic mass is 10.1. The lowest BCUT2D eigenvalue weighted by Crippen LogP contribution is -1.97. The quantitative estimate of drug-likeness (QED) is 0.919. The lowest BCUT2D eigenvalue weighted by Gasteiger charge is -2.10. The average molecular weight is 326 g/mol. The summed E-state index contributed by atoms with van der Waals surface area (Å²) in [5.74, 6) is 1.83. The van der Waals surface area contributed by atoms with Crippen LogP contribution in [-0.2, 0) is 6.61 Å². The summed E-state index contributed by atoms with van der Waals surface area (Å²) in [6.45, 7) is 1.10. The molecule has 5 nitrogen and oxygen atoms in total. The Morgan fingerprint density at radius 2 is 2.05 bits per heavy atom. The van der Waals surface area contributed by atoms with Gasteiger partial charge in [-0.15, -0.1) is 0 Å². The van der Waals surface area contributed by atoms with Gasteiger partial charge >= 0.3 is 0 Å². The van der Waals surface area contributed by atoms with E-state index >= 15 is 0 Å². The molecule has 1 aromatic carbocycles. The van der Waals surface area contributed by atoms with Gasteiger partial charge in [0.05, 0.1) is 17.7 Å². The number of ether oxygens (including phenoxy) is 2. The van der Waals surface area contributed by atoms with Crippen LogP contribution in [0.15, 0.2) is 27.2 Å². The number of benzene rings is 1. The molecule has 100 valence electrons. The zero-order valence-corrected chi connectivity index (χ0v) is 11.6. The van der Waals surface area contributed by atoms with E-state index in [1.54, 1.807) is 6.07 Å². The zero-order valence-electron chi connectivity index (χ0n) is 10.1. The molecule has 0 saturated carbocycles. The lowest BCUT2D eigenvalue weighted by molar-refractivity contribution is 0.229. The molecule has 6 heteroatoms. The molecule has 19 heavy (non-hydrogen) atoms. The average Bonchev–Trinajstić information content (AvgIpc) is 2.77. The van der Waals surface area contributed by atoms with E-state index in [9.17, 15) is 0 Å². The predicted molar refractivity (Wildman–Crippen MR) is 71.2 cm³/mol. The molecule has 0 bridgehead atoms. The monoisotopic (exact) mass is 325 g/mol. The van der Waals surface area contributed by atoms with Crippen molar-refractivity contribution < 1.29 is 19.1 Å². The molecular formula is C13H12BrNO4. The number of aliphatic hydroxyl groups excluding tert-OH is 1. The number of rotatable bonds is 2. The van der Waals surface area contributed by atoms with Crippen molar-refractivity contribution >= 4 is 15.9 Å². The van der Waals surface area contributed by atoms with Gasteiger partial charge < -0.3 is 19.1 Å². The van der Waals surface area contributed by atoms with Gasteiger partial charge in [-0.2, -0.15) is 0 Å². The second kappa shape index (κ2) is 5.22. The topological polar surface area (TPSA) is 64.7 Å². The van der Waals surface area contributed by atoms with E-state index in [1.165, 1.54) is 0 Å². The minimum absolute atomic E-state index is 0.168. The summed E-state index contributed by atoms with van der Waals surface area (Å²) in [5.41, 5.74) is 1.50. The molecular weight excluding hydrogens is 314 g/mol. The fourth-order valence-electron chi connectivity index (χ4n) is 1.90. The summed E-state index contributed by atoms with van der Waals surface area (Å²) in [5, 5.41) is 12.9. The van der Waals surface area contributed by atoms with Gasteiger partial charge in [0, 0.05) is 18.1 Å². The number of aliphatic hydroxyl groups is 1. The van der Waals surface area contributed by atoms with Crippen molar-refractivity contribution in [2.75, 3.05) is 13.2 Å². The first-order chi connectivity index (χ1) is 9.28. The van der Waals surface area contributed by atoms with Crippen LogP contribution < -0.4 is 9.47 Å². The van der Waals surface area contributed by atoms with Crippen molar-refractivity contribution in [3.63, 3.8) is 0 Å². The van der Waals surface area contributed by atoms with Crippen LogP contribution >= 0.6 is 15.9 Å². The van der Waals surface area contributed by atoms with E-state index in [2.05, 4.69) is 21.1 Å². The number of aromatic nitrogens is 1. The van der Waals surface area contributed by atoms with Crippen LogP contribution in [0.25, 0.3) is 11.3 Å². The number of nitrogens with zero attached hydrogens (tertiary/aromatic N) is 1. The summed E-state index contributed by atoms with van der Waals surface area (Å²) in [6.07, 6.45) is 0.856. The summed E-state index contributed by atoms with van der Waals surface area (Å²) in [7, 11) is 0. The predicted octanol–water partition coefficient (Wildman–Crippen LogP) is 2.76. The number of fused-ring (bicyclic) bond motifs is 1. The zero-order chi connectivity index (χ0) is 13.2. The van der Waals surface area contributed by atoms with Crippen molar-refractivity contribution in [3.05, 3.63) is 28.4 Å². The van der Waals surface area contributed by atoms with Crippen LogP contribution in [0.2, 0.25) is 0 Å². The molecule has 3 rings (SSSR count). The van der Waals surface area contributed by atoms with E-state index in [0.29, 0.717) is 36.2 Å². The molecule has 1 aliphatic heterocycles. The third kappa shape index (κ3) is 2.46. The highest BCUT2D eigenvalue weighted by molar-refractivity contribution is 9.10. The Hall–Kier alpha value is -1.53. The maximum absolute atomic E-state index is 8.99. The van der Waals surface area contributed by atoms with Gasteiger partial charge in [0.15, 0.2) is 17.3 Å². The first-order valence-corrected chi connectivity index (χ1v) is 6.73.